The molecular formula is C49H56FN7O7S2. The third kappa shape index (κ3) is 11.2. The third-order valence-corrected chi connectivity index (χ3v) is 15.1. The summed E-state index contributed by atoms with van der Waals surface area (Å²) in [5.74, 6) is 0.234. The van der Waals surface area contributed by atoms with Crippen LogP contribution in [0.1, 0.15) is 102 Å². The first kappa shape index (κ1) is 46.6. The van der Waals surface area contributed by atoms with Gasteiger partial charge >= 0.3 is 0 Å². The number of aromatic nitrogens is 3. The van der Waals surface area contributed by atoms with Gasteiger partial charge < -0.3 is 19.7 Å². The molecule has 348 valence electrons. The quantitative estimate of drug-likeness (QED) is 0.0904. The van der Waals surface area contributed by atoms with Crippen molar-refractivity contribution < 1.29 is 36.7 Å². The number of rotatable bonds is 14. The monoisotopic (exact) mass is 937 g/mol. The lowest BCUT2D eigenvalue weighted by molar-refractivity contribution is -0.139. The summed E-state index contributed by atoms with van der Waals surface area (Å²) in [7, 11) is -3.73. The average molecular weight is 938 g/mol. The van der Waals surface area contributed by atoms with Crippen molar-refractivity contribution in [3.8, 4) is 33.3 Å². The Hall–Kier alpha value is -5.94. The maximum atomic E-state index is 16.1. The molecule has 8 rings (SSSR count). The van der Waals surface area contributed by atoms with Gasteiger partial charge in [-0.25, -0.2) is 27.8 Å². The Morgan fingerprint density at radius 1 is 0.894 bits per heavy atom. The summed E-state index contributed by atoms with van der Waals surface area (Å²) in [5.41, 5.74) is 2.12. The van der Waals surface area contributed by atoms with E-state index in [-0.39, 0.29) is 64.2 Å². The molecule has 66 heavy (non-hydrogen) atoms. The minimum atomic E-state index is -3.73. The van der Waals surface area contributed by atoms with E-state index >= 15 is 4.39 Å². The Balaban J connectivity index is 0.847. The molecule has 5 aromatic rings. The molecule has 3 fully saturated rings. The molecule has 0 spiro atoms. The predicted molar refractivity (Wildman–Crippen MR) is 253 cm³/mol. The van der Waals surface area contributed by atoms with Gasteiger partial charge in [0.05, 0.1) is 44.7 Å². The average Bonchev–Trinajstić information content (AvgIpc) is 3.75. The second kappa shape index (κ2) is 19.9. The van der Waals surface area contributed by atoms with Crippen molar-refractivity contribution in [2.45, 2.75) is 109 Å². The summed E-state index contributed by atoms with van der Waals surface area (Å²) in [4.78, 5) is 54.2. The number of hydrogen-bond acceptors (Lipinski definition) is 12. The van der Waals surface area contributed by atoms with Crippen LogP contribution < -0.4 is 24.8 Å². The molecule has 2 saturated heterocycles. The molecule has 2 aliphatic heterocycles. The summed E-state index contributed by atoms with van der Waals surface area (Å²) in [6, 6.07) is 21.4. The number of anilines is 3. The second-order valence-electron chi connectivity index (χ2n) is 18.3. The number of likely N-dealkylation sites (tertiary alicyclic amines) is 1. The molecule has 3 aromatic carbocycles. The second-order valence-corrected chi connectivity index (χ2v) is 21.1. The highest BCUT2D eigenvalue weighted by Gasteiger charge is 2.34. The van der Waals surface area contributed by atoms with E-state index in [1.807, 2.05) is 74.2 Å². The largest absolute Gasteiger partial charge is 0.490 e. The Morgan fingerprint density at radius 2 is 1.61 bits per heavy atom. The van der Waals surface area contributed by atoms with Gasteiger partial charge in [0.15, 0.2) is 5.82 Å². The summed E-state index contributed by atoms with van der Waals surface area (Å²) >= 11 is 1.40. The zero-order valence-electron chi connectivity index (χ0n) is 37.6. The van der Waals surface area contributed by atoms with Gasteiger partial charge in [-0.15, -0.1) is 11.3 Å². The number of nitrogens with zero attached hydrogens (tertiary/aromatic N) is 4. The molecular weight excluding hydrogens is 882 g/mol. The lowest BCUT2D eigenvalue weighted by Gasteiger charge is -2.36. The summed E-state index contributed by atoms with van der Waals surface area (Å²) < 4.78 is 56.3. The van der Waals surface area contributed by atoms with Gasteiger partial charge in [-0.2, -0.15) is 0 Å². The summed E-state index contributed by atoms with van der Waals surface area (Å²) in [6.45, 7) is 9.07. The van der Waals surface area contributed by atoms with Gasteiger partial charge in [0.1, 0.15) is 17.6 Å². The number of amides is 3. The fourth-order valence-electron chi connectivity index (χ4n) is 8.65. The Labute approximate surface area is 389 Å². The van der Waals surface area contributed by atoms with Crippen molar-refractivity contribution in [1.29, 1.82) is 0 Å². The molecule has 4 heterocycles. The van der Waals surface area contributed by atoms with E-state index in [4.69, 9.17) is 19.4 Å². The van der Waals surface area contributed by atoms with Crippen molar-refractivity contribution in [2.75, 3.05) is 28.9 Å². The van der Waals surface area contributed by atoms with Crippen LogP contribution >= 0.6 is 11.3 Å². The first-order valence-corrected chi connectivity index (χ1v) is 25.2. The van der Waals surface area contributed by atoms with Gasteiger partial charge in [-0.3, -0.25) is 24.4 Å². The van der Waals surface area contributed by atoms with E-state index in [0.717, 1.165) is 42.0 Å². The van der Waals surface area contributed by atoms with Crippen LogP contribution in [0, 0.1) is 11.7 Å². The number of carbonyl (C=O) groups excluding carboxylic acids is 3. The summed E-state index contributed by atoms with van der Waals surface area (Å²) in [6.07, 6.45) is 7.35. The molecule has 0 radical (unpaired) electrons. The van der Waals surface area contributed by atoms with Crippen molar-refractivity contribution >= 4 is 56.4 Å². The molecule has 0 unspecified atom stereocenters. The van der Waals surface area contributed by atoms with Crippen LogP contribution in [0.4, 0.5) is 21.7 Å². The highest BCUT2D eigenvalue weighted by molar-refractivity contribution is 7.92. The number of nitrogens with one attached hydrogen (secondary N) is 3. The van der Waals surface area contributed by atoms with E-state index in [0.29, 0.717) is 78.8 Å². The fraction of sp³-hybridized carbons (Fsp3) is 0.429. The number of thiazole rings is 1. The van der Waals surface area contributed by atoms with Gasteiger partial charge in [0, 0.05) is 67.2 Å². The van der Waals surface area contributed by atoms with Crippen molar-refractivity contribution in [1.82, 2.24) is 25.2 Å². The first-order chi connectivity index (χ1) is 31.6. The van der Waals surface area contributed by atoms with E-state index in [1.54, 1.807) is 31.3 Å². The minimum Gasteiger partial charge on any atom is -0.490 e. The number of hydrogen-bond donors (Lipinski definition) is 3. The third-order valence-electron chi connectivity index (χ3n) is 12.1. The lowest BCUT2D eigenvalue weighted by atomic mass is 9.86. The van der Waals surface area contributed by atoms with Crippen LogP contribution in [0.15, 0.2) is 79.0 Å². The highest BCUT2D eigenvalue weighted by Crippen LogP contribution is 2.42. The van der Waals surface area contributed by atoms with Gasteiger partial charge in [-0.1, -0.05) is 52.0 Å². The Kier molecular flexibility index (Phi) is 14.0. The highest BCUT2D eigenvalue weighted by atomic mass is 32.2. The van der Waals surface area contributed by atoms with Gasteiger partial charge in [0.25, 0.3) is 0 Å². The van der Waals surface area contributed by atoms with Crippen molar-refractivity contribution in [3.05, 3.63) is 95.4 Å². The van der Waals surface area contributed by atoms with Crippen LogP contribution in [0.5, 0.6) is 11.5 Å². The minimum absolute atomic E-state index is 0.0202. The van der Waals surface area contributed by atoms with E-state index in [9.17, 15) is 22.8 Å². The molecule has 0 bridgehead atoms. The molecule has 3 aliphatic rings. The molecule has 3 amide bonds. The van der Waals surface area contributed by atoms with Crippen LogP contribution in [-0.2, 0) is 29.8 Å². The molecule has 14 nitrogen and oxygen atoms in total. The van der Waals surface area contributed by atoms with Crippen molar-refractivity contribution in [2.24, 2.45) is 5.92 Å². The predicted octanol–water partition coefficient (Wildman–Crippen LogP) is 9.13. The topological polar surface area (TPSA) is 182 Å². The SMILES string of the molecule is CCCS(=O)(=O)Nc1cccc(-c2nc(C(C)(C)C)sc2-c2ccnc(Nc3cccc(OC4CCN(C(=O)C5CCC(Oc6ccc([C@@H]7CCC(=O)NC7=O)cc6)CC5)CC4)c3)n2)c1F. The van der Waals surface area contributed by atoms with Crippen LogP contribution in [-0.4, -0.2) is 77.0 Å². The maximum absolute atomic E-state index is 16.1. The number of halogens is 1. The zero-order chi connectivity index (χ0) is 46.6. The Morgan fingerprint density at radius 3 is 2.32 bits per heavy atom. The number of imide groups is 1. The zero-order valence-corrected chi connectivity index (χ0v) is 39.3. The molecule has 1 aliphatic carbocycles. The van der Waals surface area contributed by atoms with Crippen LogP contribution in [0.2, 0.25) is 0 Å². The van der Waals surface area contributed by atoms with Gasteiger partial charge in [-0.05, 0) is 86.6 Å². The molecule has 17 heteroatoms. The molecule has 2 aromatic heterocycles. The number of ether oxygens (including phenoxy) is 2. The normalized spacial score (nSPS) is 19.5. The molecule has 1 saturated carbocycles. The first-order valence-electron chi connectivity index (χ1n) is 22.7. The van der Waals surface area contributed by atoms with E-state index < -0.39 is 15.8 Å². The fourth-order valence-corrected chi connectivity index (χ4v) is 10.9. The number of carbonyl (C=O) groups is 3. The number of piperidine rings is 2. The smallest absolute Gasteiger partial charge is 0.234 e. The Bertz CT molecular complexity index is 2670. The van der Waals surface area contributed by atoms with Crippen LogP contribution in [0.3, 0.4) is 0 Å². The number of benzene rings is 3. The summed E-state index contributed by atoms with van der Waals surface area (Å²) in [5, 5.41) is 6.46. The lowest BCUT2D eigenvalue weighted by Crippen LogP contribution is -2.45. The van der Waals surface area contributed by atoms with Gasteiger partial charge in [0.2, 0.25) is 33.7 Å². The van der Waals surface area contributed by atoms with Crippen LogP contribution in [0.25, 0.3) is 21.8 Å². The van der Waals surface area contributed by atoms with E-state index in [2.05, 4.69) is 20.3 Å². The molecule has 3 N–H and O–H groups in total. The number of sulfonamides is 1. The molecule has 1 atom stereocenters. The van der Waals surface area contributed by atoms with E-state index in [1.165, 1.54) is 17.4 Å². The van der Waals surface area contributed by atoms with Crippen molar-refractivity contribution in [3.63, 3.8) is 0 Å². The standard InChI is InChI=1S/C49H56FN7O7S2/c1-5-28-66(61,62)56-39-11-7-10-38(42(39)50)43-44(65-47(55-43)49(2,3)4)40-22-25-51-48(53-40)52-32-8-6-9-36(29-32)64-35-23-26-57(27-24-35)46(60)31-14-18-34(19-15-31)63-33-16-12-30(13-17-33)37-20-21-41(58)54-45(37)59/h6-13,16-17,22,25,29,31,34-35,37,56H,5,14-15,18-21,23-24,26-28H2,1-4H3,(H,51,52,53)(H,54,58,59)/t31?,34?,37-/m0/s1. The maximum Gasteiger partial charge on any atom is 0.234 e.